The first-order valence-corrected chi connectivity index (χ1v) is 5.93. The van der Waals surface area contributed by atoms with E-state index in [1.165, 1.54) is 0 Å². The second-order valence-electron chi connectivity index (χ2n) is 3.39. The predicted molar refractivity (Wildman–Crippen MR) is 68.8 cm³/mol. The Morgan fingerprint density at radius 1 is 1.60 bits per heavy atom. The molecule has 1 aromatic rings. The van der Waals surface area contributed by atoms with E-state index in [9.17, 15) is 0 Å². The van der Waals surface area contributed by atoms with Gasteiger partial charge in [0, 0.05) is 6.54 Å². The molecule has 84 valence electrons. The standard InChI is InChI=1S/C11H16INO2/c1-9(2)8-14-6-5-13-7-10-3-4-11(12)15-10/h3-4,13H,1,5-8H2,2H3. The Bertz CT molecular complexity index is 309. The van der Waals surface area contributed by atoms with Gasteiger partial charge in [-0.25, -0.2) is 0 Å². The van der Waals surface area contributed by atoms with Crippen molar-refractivity contribution < 1.29 is 9.15 Å². The van der Waals surface area contributed by atoms with Crippen LogP contribution in [0, 0.1) is 3.77 Å². The summed E-state index contributed by atoms with van der Waals surface area (Å²) in [6, 6.07) is 3.93. The second kappa shape index (κ2) is 7.03. The average molecular weight is 321 g/mol. The van der Waals surface area contributed by atoms with Gasteiger partial charge in [0.1, 0.15) is 5.76 Å². The number of furan rings is 1. The smallest absolute Gasteiger partial charge is 0.164 e. The fraction of sp³-hybridized carbons (Fsp3) is 0.455. The van der Waals surface area contributed by atoms with E-state index >= 15 is 0 Å². The van der Waals surface area contributed by atoms with E-state index in [1.807, 2.05) is 19.1 Å². The van der Waals surface area contributed by atoms with Crippen LogP contribution in [0.5, 0.6) is 0 Å². The van der Waals surface area contributed by atoms with E-state index in [4.69, 9.17) is 9.15 Å². The van der Waals surface area contributed by atoms with E-state index in [0.717, 1.165) is 28.2 Å². The molecule has 0 atom stereocenters. The normalized spacial score (nSPS) is 10.5. The molecule has 0 aliphatic heterocycles. The van der Waals surface area contributed by atoms with E-state index in [0.29, 0.717) is 13.2 Å². The minimum absolute atomic E-state index is 0.639. The molecule has 0 aliphatic rings. The van der Waals surface area contributed by atoms with Crippen molar-refractivity contribution in [1.29, 1.82) is 0 Å². The van der Waals surface area contributed by atoms with Crippen molar-refractivity contribution >= 4 is 22.6 Å². The van der Waals surface area contributed by atoms with Crippen molar-refractivity contribution in [2.45, 2.75) is 13.5 Å². The van der Waals surface area contributed by atoms with Crippen LogP contribution in [-0.4, -0.2) is 19.8 Å². The minimum Gasteiger partial charge on any atom is -0.454 e. The molecule has 0 saturated carbocycles. The Hall–Kier alpha value is -0.330. The van der Waals surface area contributed by atoms with Gasteiger partial charge < -0.3 is 14.5 Å². The summed E-state index contributed by atoms with van der Waals surface area (Å²) in [5.41, 5.74) is 1.05. The summed E-state index contributed by atoms with van der Waals surface area (Å²) in [5, 5.41) is 3.24. The third kappa shape index (κ3) is 5.96. The molecule has 0 amide bonds. The van der Waals surface area contributed by atoms with Crippen LogP contribution in [0.25, 0.3) is 0 Å². The second-order valence-corrected chi connectivity index (χ2v) is 4.46. The first-order valence-electron chi connectivity index (χ1n) is 4.85. The molecule has 1 N–H and O–H groups in total. The van der Waals surface area contributed by atoms with Crippen molar-refractivity contribution in [2.75, 3.05) is 19.8 Å². The fourth-order valence-electron chi connectivity index (χ4n) is 1.05. The molecule has 3 nitrogen and oxygen atoms in total. The topological polar surface area (TPSA) is 34.4 Å². The van der Waals surface area contributed by atoms with Crippen LogP contribution in [0.3, 0.4) is 0 Å². The summed E-state index contributed by atoms with van der Waals surface area (Å²) in [6.07, 6.45) is 0. The van der Waals surface area contributed by atoms with E-state index in [1.54, 1.807) is 0 Å². The highest BCUT2D eigenvalue weighted by molar-refractivity contribution is 14.1. The molecular weight excluding hydrogens is 305 g/mol. The monoisotopic (exact) mass is 321 g/mol. The van der Waals surface area contributed by atoms with Gasteiger partial charge in [0.05, 0.1) is 19.8 Å². The van der Waals surface area contributed by atoms with Crippen LogP contribution in [-0.2, 0) is 11.3 Å². The van der Waals surface area contributed by atoms with Gasteiger partial charge in [-0.1, -0.05) is 12.2 Å². The Labute approximate surface area is 104 Å². The molecule has 0 fully saturated rings. The molecule has 0 bridgehead atoms. The lowest BCUT2D eigenvalue weighted by Crippen LogP contribution is -2.19. The molecule has 1 heterocycles. The largest absolute Gasteiger partial charge is 0.454 e. The summed E-state index contributed by atoms with van der Waals surface area (Å²) in [7, 11) is 0. The molecule has 0 aromatic carbocycles. The lowest BCUT2D eigenvalue weighted by atomic mass is 10.4. The van der Waals surface area contributed by atoms with Crippen molar-refractivity contribution in [2.24, 2.45) is 0 Å². The highest BCUT2D eigenvalue weighted by Gasteiger charge is 1.97. The van der Waals surface area contributed by atoms with Gasteiger partial charge in [-0.2, -0.15) is 0 Å². The molecule has 0 radical (unpaired) electrons. The summed E-state index contributed by atoms with van der Waals surface area (Å²) >= 11 is 2.15. The summed E-state index contributed by atoms with van der Waals surface area (Å²) in [6.45, 7) is 8.63. The van der Waals surface area contributed by atoms with Crippen LogP contribution in [0.4, 0.5) is 0 Å². The first kappa shape index (κ1) is 12.7. The molecule has 0 unspecified atom stereocenters. The van der Waals surface area contributed by atoms with Gasteiger partial charge in [-0.15, -0.1) is 0 Å². The third-order valence-corrected chi connectivity index (χ3v) is 2.28. The highest BCUT2D eigenvalue weighted by Crippen LogP contribution is 2.09. The molecule has 0 spiro atoms. The van der Waals surface area contributed by atoms with E-state index in [-0.39, 0.29) is 0 Å². The summed E-state index contributed by atoms with van der Waals surface area (Å²) in [5.74, 6) is 0.958. The summed E-state index contributed by atoms with van der Waals surface area (Å²) in [4.78, 5) is 0. The quantitative estimate of drug-likeness (QED) is 0.476. The minimum atomic E-state index is 0.639. The number of nitrogens with one attached hydrogen (secondary N) is 1. The van der Waals surface area contributed by atoms with Crippen LogP contribution in [0.1, 0.15) is 12.7 Å². The SMILES string of the molecule is C=C(C)COCCNCc1ccc(I)o1. The first-order chi connectivity index (χ1) is 7.18. The summed E-state index contributed by atoms with van der Waals surface area (Å²) < 4.78 is 11.7. The molecule has 1 aromatic heterocycles. The zero-order chi connectivity index (χ0) is 11.1. The number of rotatable bonds is 7. The lowest BCUT2D eigenvalue weighted by molar-refractivity contribution is 0.157. The van der Waals surface area contributed by atoms with Crippen molar-refractivity contribution in [3.63, 3.8) is 0 Å². The van der Waals surface area contributed by atoms with Gasteiger partial charge in [0.2, 0.25) is 0 Å². The van der Waals surface area contributed by atoms with Gasteiger partial charge in [-0.3, -0.25) is 0 Å². The zero-order valence-electron chi connectivity index (χ0n) is 8.88. The Balaban J connectivity index is 2.00. The maximum Gasteiger partial charge on any atom is 0.164 e. The predicted octanol–water partition coefficient (Wildman–Crippen LogP) is 2.57. The van der Waals surface area contributed by atoms with Crippen molar-refractivity contribution in [3.8, 4) is 0 Å². The number of ether oxygens (including phenoxy) is 1. The molecule has 15 heavy (non-hydrogen) atoms. The van der Waals surface area contributed by atoms with Crippen LogP contribution in [0.15, 0.2) is 28.7 Å². The van der Waals surface area contributed by atoms with Gasteiger partial charge in [0.25, 0.3) is 0 Å². The van der Waals surface area contributed by atoms with E-state index < -0.39 is 0 Å². The maximum absolute atomic E-state index is 5.40. The average Bonchev–Trinajstić information content (AvgIpc) is 2.57. The van der Waals surface area contributed by atoms with Crippen LogP contribution >= 0.6 is 22.6 Å². The van der Waals surface area contributed by atoms with Crippen LogP contribution in [0.2, 0.25) is 0 Å². The fourth-order valence-corrected chi connectivity index (χ4v) is 1.51. The Morgan fingerprint density at radius 2 is 2.40 bits per heavy atom. The van der Waals surface area contributed by atoms with Crippen molar-refractivity contribution in [1.82, 2.24) is 5.32 Å². The number of hydrogen-bond donors (Lipinski definition) is 1. The highest BCUT2D eigenvalue weighted by atomic mass is 127. The van der Waals surface area contributed by atoms with Crippen molar-refractivity contribution in [3.05, 3.63) is 33.8 Å². The van der Waals surface area contributed by atoms with E-state index in [2.05, 4.69) is 34.5 Å². The molecular formula is C11H16INO2. The Kier molecular flexibility index (Phi) is 5.97. The van der Waals surface area contributed by atoms with Crippen LogP contribution < -0.4 is 5.32 Å². The molecule has 0 aliphatic carbocycles. The number of hydrogen-bond acceptors (Lipinski definition) is 3. The molecule has 1 rings (SSSR count). The maximum atomic E-state index is 5.40. The molecule has 0 saturated heterocycles. The van der Waals surface area contributed by atoms with Gasteiger partial charge >= 0.3 is 0 Å². The lowest BCUT2D eigenvalue weighted by Gasteiger charge is -2.04. The third-order valence-electron chi connectivity index (χ3n) is 1.70. The van der Waals surface area contributed by atoms with Gasteiger partial charge in [0.15, 0.2) is 3.77 Å². The zero-order valence-corrected chi connectivity index (χ0v) is 11.0. The van der Waals surface area contributed by atoms with Gasteiger partial charge in [-0.05, 0) is 41.6 Å². The molecule has 4 heteroatoms. The Morgan fingerprint density at radius 3 is 3.00 bits per heavy atom. The number of halogens is 1.